The first-order valence-electron chi connectivity index (χ1n) is 1.89. The van der Waals surface area contributed by atoms with Crippen LogP contribution in [0.2, 0.25) is 0 Å². The largest absolute Gasteiger partial charge is 0.393 e. The Morgan fingerprint density at radius 3 is 1.78 bits per heavy atom. The Balaban J connectivity index is 4.35. The van der Waals surface area contributed by atoms with Gasteiger partial charge in [-0.25, -0.2) is 10.5 Å². The zero-order valence-electron chi connectivity index (χ0n) is 4.52. The van der Waals surface area contributed by atoms with E-state index in [0.717, 1.165) is 0 Å². The van der Waals surface area contributed by atoms with Crippen LogP contribution in [0, 0.1) is 0 Å². The normalized spacial score (nSPS) is 19.2. The van der Waals surface area contributed by atoms with Gasteiger partial charge in [-0.1, -0.05) is 0 Å². The summed E-state index contributed by atoms with van der Waals surface area (Å²) in [5, 5.41) is 0. The molecule has 9 N–H and O–H groups in total. The van der Waals surface area contributed by atoms with Gasteiger partial charge in [-0.2, -0.15) is 0 Å². The van der Waals surface area contributed by atoms with Gasteiger partial charge < -0.3 is 4.89 Å². The molecule has 0 saturated heterocycles. The van der Waals surface area contributed by atoms with Crippen LogP contribution >= 0.6 is 7.60 Å². The van der Waals surface area contributed by atoms with Crippen LogP contribution in [-0.4, -0.2) is 10.4 Å². The summed E-state index contributed by atoms with van der Waals surface area (Å²) in [5.74, 6) is 4.34. The van der Waals surface area contributed by atoms with Crippen molar-refractivity contribution in [1.82, 2.24) is 0 Å². The van der Waals surface area contributed by atoms with Gasteiger partial charge in [-0.15, -0.1) is 0 Å². The molecule has 0 radical (unpaired) electrons. The highest BCUT2D eigenvalue weighted by Gasteiger charge is 2.38. The summed E-state index contributed by atoms with van der Waals surface area (Å²) in [6.07, 6.45) is 0. The van der Waals surface area contributed by atoms with Crippen molar-refractivity contribution in [3.05, 3.63) is 0 Å². The molecule has 0 amide bonds. The van der Waals surface area contributed by atoms with E-state index in [9.17, 15) is 4.57 Å². The Morgan fingerprint density at radius 2 is 1.78 bits per heavy atom. The summed E-state index contributed by atoms with van der Waals surface area (Å²) in [4.78, 5) is 8.49. The molecular weight excluding hydrogens is 147 g/mol. The van der Waals surface area contributed by atoms with E-state index in [0.29, 0.717) is 0 Å². The van der Waals surface area contributed by atoms with Crippen molar-refractivity contribution in [3.63, 3.8) is 0 Å². The Morgan fingerprint density at radius 1 is 1.44 bits per heavy atom. The molecular formula is CH9N4O3P. The lowest BCUT2D eigenvalue weighted by atomic mass is 11.0. The van der Waals surface area contributed by atoms with Crippen LogP contribution in [0.25, 0.3) is 0 Å². The lowest BCUT2D eigenvalue weighted by molar-refractivity contribution is 0.241. The molecule has 0 aromatic carbocycles. The second-order valence-electron chi connectivity index (χ2n) is 1.51. The van der Waals surface area contributed by atoms with E-state index in [1.54, 1.807) is 0 Å². The van der Waals surface area contributed by atoms with Crippen LogP contribution < -0.4 is 23.1 Å². The number of hydrogen-bond acceptors (Lipinski definition) is 6. The lowest BCUT2D eigenvalue weighted by Gasteiger charge is -2.21. The molecule has 8 heteroatoms. The summed E-state index contributed by atoms with van der Waals surface area (Å²) in [6, 6.07) is 0. The highest BCUT2D eigenvalue weighted by Crippen LogP contribution is 2.44. The SMILES string of the molecule is NOP(=O)(O)C(N)(N)N. The maximum atomic E-state index is 10.4. The first kappa shape index (κ1) is 8.99. The van der Waals surface area contributed by atoms with Crippen molar-refractivity contribution in [2.24, 2.45) is 23.1 Å². The molecule has 0 heterocycles. The van der Waals surface area contributed by atoms with E-state index in [1.165, 1.54) is 0 Å². The molecule has 0 saturated carbocycles. The highest BCUT2D eigenvalue weighted by molar-refractivity contribution is 7.54. The van der Waals surface area contributed by atoms with Crippen LogP contribution in [0.5, 0.6) is 0 Å². The topological polar surface area (TPSA) is 151 Å². The lowest BCUT2D eigenvalue weighted by Crippen LogP contribution is -2.57. The second-order valence-corrected chi connectivity index (χ2v) is 3.54. The van der Waals surface area contributed by atoms with Crippen molar-refractivity contribution in [1.29, 1.82) is 0 Å². The molecule has 0 aromatic rings. The van der Waals surface area contributed by atoms with Crippen molar-refractivity contribution in [3.8, 4) is 0 Å². The first-order valence-corrected chi connectivity index (χ1v) is 3.47. The molecule has 0 aliphatic rings. The van der Waals surface area contributed by atoms with Gasteiger partial charge in [0.05, 0.1) is 0 Å². The van der Waals surface area contributed by atoms with Gasteiger partial charge >= 0.3 is 7.60 Å². The molecule has 1 atom stereocenters. The van der Waals surface area contributed by atoms with E-state index < -0.39 is 13.1 Å². The van der Waals surface area contributed by atoms with Crippen molar-refractivity contribution in [2.45, 2.75) is 5.53 Å². The first-order chi connectivity index (χ1) is 3.81. The molecule has 7 nitrogen and oxygen atoms in total. The molecule has 0 bridgehead atoms. The molecule has 0 rings (SSSR count). The fourth-order valence-electron chi connectivity index (χ4n) is 0.0913. The molecule has 0 aliphatic carbocycles. The number of nitrogens with two attached hydrogens (primary N) is 4. The Bertz CT molecular complexity index is 139. The molecule has 9 heavy (non-hydrogen) atoms. The van der Waals surface area contributed by atoms with Crippen LogP contribution in [0.1, 0.15) is 0 Å². The third kappa shape index (κ3) is 1.99. The monoisotopic (exact) mass is 156 g/mol. The van der Waals surface area contributed by atoms with Crippen molar-refractivity contribution >= 4 is 7.60 Å². The van der Waals surface area contributed by atoms with Crippen molar-refractivity contribution < 1.29 is 14.1 Å². The van der Waals surface area contributed by atoms with E-state index in [1.807, 2.05) is 0 Å². The molecule has 56 valence electrons. The Hall–Kier alpha value is -0.0100. The van der Waals surface area contributed by atoms with Gasteiger partial charge in [0.1, 0.15) is 0 Å². The van der Waals surface area contributed by atoms with E-state index in [4.69, 9.17) is 22.1 Å². The van der Waals surface area contributed by atoms with Crippen molar-refractivity contribution in [2.75, 3.05) is 0 Å². The summed E-state index contributed by atoms with van der Waals surface area (Å²) in [7, 11) is -4.25. The van der Waals surface area contributed by atoms with E-state index >= 15 is 0 Å². The van der Waals surface area contributed by atoms with Gasteiger partial charge in [0.15, 0.2) is 0 Å². The van der Waals surface area contributed by atoms with Crippen LogP contribution in [-0.2, 0) is 9.19 Å². The molecule has 1 unspecified atom stereocenters. The van der Waals surface area contributed by atoms with Crippen LogP contribution in [0.3, 0.4) is 0 Å². The third-order valence-corrected chi connectivity index (χ3v) is 1.90. The van der Waals surface area contributed by atoms with Gasteiger partial charge in [-0.05, 0) is 0 Å². The molecule has 0 fully saturated rings. The fraction of sp³-hybridized carbons (Fsp3) is 1.00. The van der Waals surface area contributed by atoms with Crippen LogP contribution in [0.4, 0.5) is 0 Å². The quantitative estimate of drug-likeness (QED) is 0.169. The predicted molar refractivity (Wildman–Crippen MR) is 30.4 cm³/mol. The average Bonchev–Trinajstić information content (AvgIpc) is 1.64. The minimum Gasteiger partial charge on any atom is -0.320 e. The summed E-state index contributed by atoms with van der Waals surface area (Å²) in [5.41, 5.74) is 12.0. The second kappa shape index (κ2) is 2.31. The third-order valence-electron chi connectivity index (χ3n) is 0.632. The minimum absolute atomic E-state index is 2.29. The molecule has 0 spiro atoms. The summed E-state index contributed by atoms with van der Waals surface area (Å²) < 4.78 is 14.0. The zero-order chi connectivity index (χ0) is 7.71. The van der Waals surface area contributed by atoms with E-state index in [2.05, 4.69) is 10.5 Å². The predicted octanol–water partition coefficient (Wildman–Crippen LogP) is -2.45. The molecule has 0 aromatic heterocycles. The standard InChI is InChI=1S/CH9N4O3P/c2-1(3,4)9(6,7)8-5/h2-5H2,(H,6,7). The summed E-state index contributed by atoms with van der Waals surface area (Å²) >= 11 is 0. The minimum atomic E-state index is -4.25. The van der Waals surface area contributed by atoms with E-state index in [-0.39, 0.29) is 0 Å². The Kier molecular flexibility index (Phi) is 2.31. The maximum absolute atomic E-state index is 10.4. The van der Waals surface area contributed by atoms with Gasteiger partial charge in [0.25, 0.3) is 0 Å². The van der Waals surface area contributed by atoms with Crippen LogP contribution in [0.15, 0.2) is 0 Å². The maximum Gasteiger partial charge on any atom is 0.393 e. The van der Waals surface area contributed by atoms with Gasteiger partial charge in [0, 0.05) is 0 Å². The number of hydrogen-bond donors (Lipinski definition) is 5. The zero-order valence-corrected chi connectivity index (χ0v) is 5.41. The smallest absolute Gasteiger partial charge is 0.320 e. The fourth-order valence-corrected chi connectivity index (χ4v) is 0.274. The summed E-state index contributed by atoms with van der Waals surface area (Å²) in [6.45, 7) is 0. The highest BCUT2D eigenvalue weighted by atomic mass is 31.2. The Labute approximate surface area is 51.4 Å². The number of rotatable bonds is 2. The average molecular weight is 156 g/mol. The molecule has 0 aliphatic heterocycles. The van der Waals surface area contributed by atoms with Gasteiger partial charge in [-0.3, -0.25) is 21.8 Å². The van der Waals surface area contributed by atoms with Gasteiger partial charge in [0.2, 0.25) is 5.53 Å².